The van der Waals surface area contributed by atoms with Crippen LogP contribution in [0.15, 0.2) is 30.3 Å². The minimum atomic E-state index is -0.301. The molecular weight excluding hydrogens is 242 g/mol. The summed E-state index contributed by atoms with van der Waals surface area (Å²) in [4.78, 5) is 12.0. The highest BCUT2D eigenvalue weighted by atomic mass is 16.1. The molecule has 0 radical (unpaired) electrons. The molecule has 0 spiro atoms. The first-order valence-electron chi connectivity index (χ1n) is 5.79. The van der Waals surface area contributed by atoms with Gasteiger partial charge in [0.2, 0.25) is 0 Å². The second kappa shape index (κ2) is 5.45. The van der Waals surface area contributed by atoms with E-state index in [4.69, 9.17) is 5.84 Å². The fraction of sp³-hybridized carbons (Fsp3) is 0.154. The second-order valence-corrected chi connectivity index (χ2v) is 4.15. The van der Waals surface area contributed by atoms with Crippen molar-refractivity contribution in [2.75, 3.05) is 10.7 Å². The molecule has 1 heterocycles. The second-order valence-electron chi connectivity index (χ2n) is 4.15. The normalized spacial score (nSPS) is 10.1. The number of amides is 1. The number of hydrazine groups is 1. The van der Waals surface area contributed by atoms with Gasteiger partial charge in [0.1, 0.15) is 0 Å². The van der Waals surface area contributed by atoms with E-state index in [0.717, 1.165) is 16.8 Å². The summed E-state index contributed by atoms with van der Waals surface area (Å²) in [7, 11) is 0. The fourth-order valence-corrected chi connectivity index (χ4v) is 1.60. The highest BCUT2D eigenvalue weighted by Crippen LogP contribution is 2.18. The van der Waals surface area contributed by atoms with Crippen molar-refractivity contribution in [1.29, 1.82) is 0 Å². The van der Waals surface area contributed by atoms with Crippen LogP contribution in [-0.2, 0) is 0 Å². The van der Waals surface area contributed by atoms with Crippen molar-refractivity contribution in [1.82, 2.24) is 10.2 Å². The van der Waals surface area contributed by atoms with Gasteiger partial charge in [-0.2, -0.15) is 0 Å². The van der Waals surface area contributed by atoms with E-state index in [1.54, 1.807) is 12.1 Å². The van der Waals surface area contributed by atoms with Gasteiger partial charge in [0.25, 0.3) is 5.91 Å². The molecule has 0 aliphatic heterocycles. The van der Waals surface area contributed by atoms with Crippen molar-refractivity contribution < 1.29 is 4.79 Å². The van der Waals surface area contributed by atoms with Gasteiger partial charge in [-0.15, -0.1) is 10.2 Å². The molecule has 6 nitrogen and oxygen atoms in total. The number of carbonyl (C=O) groups is 1. The third-order valence-corrected chi connectivity index (χ3v) is 2.90. The van der Waals surface area contributed by atoms with Crippen LogP contribution in [0, 0.1) is 13.8 Å². The molecule has 0 unspecified atom stereocenters. The van der Waals surface area contributed by atoms with Gasteiger partial charge in [0, 0.05) is 5.69 Å². The lowest BCUT2D eigenvalue weighted by atomic mass is 10.1. The molecule has 6 heteroatoms. The molecule has 19 heavy (non-hydrogen) atoms. The molecule has 2 rings (SSSR count). The average molecular weight is 257 g/mol. The van der Waals surface area contributed by atoms with Crippen LogP contribution in [0.25, 0.3) is 0 Å². The Morgan fingerprint density at radius 1 is 1.16 bits per heavy atom. The van der Waals surface area contributed by atoms with E-state index in [0.29, 0.717) is 5.82 Å². The summed E-state index contributed by atoms with van der Waals surface area (Å²) in [6.07, 6.45) is 0. The molecule has 0 saturated carbocycles. The number of nitrogens with two attached hydrogens (primary N) is 1. The van der Waals surface area contributed by atoms with Crippen molar-refractivity contribution in [2.24, 2.45) is 5.84 Å². The summed E-state index contributed by atoms with van der Waals surface area (Å²) < 4.78 is 0. The van der Waals surface area contributed by atoms with Gasteiger partial charge in [-0.05, 0) is 43.2 Å². The summed E-state index contributed by atoms with van der Waals surface area (Å²) in [6, 6.07) is 8.88. The molecule has 2 aromatic rings. The molecule has 0 aliphatic carbocycles. The number of aromatic nitrogens is 2. The molecule has 0 aliphatic rings. The predicted molar refractivity (Wildman–Crippen MR) is 73.7 cm³/mol. The quantitative estimate of drug-likeness (QED) is 0.574. The van der Waals surface area contributed by atoms with Crippen LogP contribution >= 0.6 is 0 Å². The number of aryl methyl sites for hydroxylation is 1. The number of nitrogens with one attached hydrogen (secondary N) is 2. The third kappa shape index (κ3) is 2.86. The highest BCUT2D eigenvalue weighted by molar-refractivity contribution is 6.03. The molecule has 0 saturated heterocycles. The number of hydrogen-bond donors (Lipinski definition) is 3. The van der Waals surface area contributed by atoms with Crippen LogP contribution in [0.1, 0.15) is 21.6 Å². The zero-order valence-corrected chi connectivity index (χ0v) is 10.8. The number of anilines is 2. The summed E-state index contributed by atoms with van der Waals surface area (Å²) in [5.74, 6) is 5.29. The SMILES string of the molecule is Cc1cccc(NC(=O)c2ccc(NN)nn2)c1C. The van der Waals surface area contributed by atoms with Crippen LogP contribution in [0.2, 0.25) is 0 Å². The summed E-state index contributed by atoms with van der Waals surface area (Å²) in [5, 5.41) is 10.4. The predicted octanol–water partition coefficient (Wildman–Crippen LogP) is 1.63. The Balaban J connectivity index is 2.18. The van der Waals surface area contributed by atoms with Crippen LogP contribution in [0.3, 0.4) is 0 Å². The minimum absolute atomic E-state index is 0.236. The lowest BCUT2D eigenvalue weighted by Crippen LogP contribution is -2.16. The standard InChI is InChI=1S/C13H15N5O/c1-8-4-3-5-10(9(8)2)15-13(19)11-6-7-12(16-14)18-17-11/h3-7H,14H2,1-2H3,(H,15,19)(H,16,18). The van der Waals surface area contributed by atoms with Crippen LogP contribution in [0.5, 0.6) is 0 Å². The van der Waals surface area contributed by atoms with Crippen LogP contribution in [0.4, 0.5) is 11.5 Å². The Morgan fingerprint density at radius 2 is 1.95 bits per heavy atom. The van der Waals surface area contributed by atoms with E-state index in [9.17, 15) is 4.79 Å². The lowest BCUT2D eigenvalue weighted by molar-refractivity contribution is 0.102. The Kier molecular flexibility index (Phi) is 3.72. The van der Waals surface area contributed by atoms with E-state index < -0.39 is 0 Å². The van der Waals surface area contributed by atoms with Crippen molar-refractivity contribution >= 4 is 17.4 Å². The molecule has 4 N–H and O–H groups in total. The van der Waals surface area contributed by atoms with Crippen molar-refractivity contribution in [3.63, 3.8) is 0 Å². The molecule has 0 bridgehead atoms. The zero-order chi connectivity index (χ0) is 13.8. The van der Waals surface area contributed by atoms with Gasteiger partial charge in [-0.3, -0.25) is 4.79 Å². The molecule has 1 amide bonds. The van der Waals surface area contributed by atoms with E-state index in [-0.39, 0.29) is 11.6 Å². The summed E-state index contributed by atoms with van der Waals surface area (Å²) in [5.41, 5.74) is 5.51. The highest BCUT2D eigenvalue weighted by Gasteiger charge is 2.10. The summed E-state index contributed by atoms with van der Waals surface area (Å²) >= 11 is 0. The first-order chi connectivity index (χ1) is 9.11. The van der Waals surface area contributed by atoms with Gasteiger partial charge >= 0.3 is 0 Å². The first-order valence-corrected chi connectivity index (χ1v) is 5.79. The van der Waals surface area contributed by atoms with E-state index >= 15 is 0 Å². The van der Waals surface area contributed by atoms with Gasteiger partial charge < -0.3 is 10.7 Å². The van der Waals surface area contributed by atoms with Gasteiger partial charge in [-0.25, -0.2) is 5.84 Å². The van der Waals surface area contributed by atoms with E-state index in [2.05, 4.69) is 20.9 Å². The Bertz CT molecular complexity index is 594. The molecule has 98 valence electrons. The fourth-order valence-electron chi connectivity index (χ4n) is 1.60. The van der Waals surface area contributed by atoms with Crippen LogP contribution < -0.4 is 16.6 Å². The lowest BCUT2D eigenvalue weighted by Gasteiger charge is -2.09. The van der Waals surface area contributed by atoms with Gasteiger partial charge in [0.05, 0.1) is 0 Å². The Hall–Kier alpha value is -2.47. The van der Waals surface area contributed by atoms with Crippen molar-refractivity contribution in [2.45, 2.75) is 13.8 Å². The first kappa shape index (κ1) is 13.0. The Morgan fingerprint density at radius 3 is 2.58 bits per heavy atom. The number of benzene rings is 1. The van der Waals surface area contributed by atoms with Crippen molar-refractivity contribution in [3.8, 4) is 0 Å². The maximum absolute atomic E-state index is 12.0. The molecule has 0 atom stereocenters. The smallest absolute Gasteiger partial charge is 0.276 e. The third-order valence-electron chi connectivity index (χ3n) is 2.90. The topological polar surface area (TPSA) is 92.9 Å². The number of nitrogen functional groups attached to an aromatic ring is 1. The molecular formula is C13H15N5O. The molecule has 1 aromatic heterocycles. The zero-order valence-electron chi connectivity index (χ0n) is 10.8. The minimum Gasteiger partial charge on any atom is -0.320 e. The molecule has 1 aromatic carbocycles. The van der Waals surface area contributed by atoms with Crippen molar-refractivity contribution in [3.05, 3.63) is 47.2 Å². The largest absolute Gasteiger partial charge is 0.320 e. The average Bonchev–Trinajstić information content (AvgIpc) is 2.44. The van der Waals surface area contributed by atoms with E-state index in [1.165, 1.54) is 0 Å². The van der Waals surface area contributed by atoms with Gasteiger partial charge in [-0.1, -0.05) is 12.1 Å². The van der Waals surface area contributed by atoms with Gasteiger partial charge in [0.15, 0.2) is 11.5 Å². The molecule has 0 fully saturated rings. The maximum Gasteiger partial charge on any atom is 0.276 e. The Labute approximate surface area is 111 Å². The van der Waals surface area contributed by atoms with Crippen LogP contribution in [-0.4, -0.2) is 16.1 Å². The number of nitrogens with zero attached hydrogens (tertiary/aromatic N) is 2. The number of carbonyl (C=O) groups excluding carboxylic acids is 1. The maximum atomic E-state index is 12.0. The number of rotatable bonds is 3. The summed E-state index contributed by atoms with van der Waals surface area (Å²) in [6.45, 7) is 3.95. The van der Waals surface area contributed by atoms with E-state index in [1.807, 2.05) is 32.0 Å². The monoisotopic (exact) mass is 257 g/mol. The number of hydrogen-bond acceptors (Lipinski definition) is 5.